The molecule has 0 aromatic rings. The van der Waals surface area contributed by atoms with Crippen molar-refractivity contribution in [2.45, 2.75) is 45.2 Å². The van der Waals surface area contributed by atoms with E-state index in [1.165, 1.54) is 0 Å². The molecule has 1 unspecified atom stereocenters. The van der Waals surface area contributed by atoms with E-state index in [1.807, 2.05) is 20.9 Å². The molecule has 1 aliphatic heterocycles. The first-order valence-corrected chi connectivity index (χ1v) is 6.87. The molecule has 6 nitrogen and oxygen atoms in total. The van der Waals surface area contributed by atoms with Gasteiger partial charge in [0.25, 0.3) is 0 Å². The summed E-state index contributed by atoms with van der Waals surface area (Å²) in [7, 11) is 2.04. The Hall–Kier alpha value is -1.30. The molecule has 0 aromatic heterocycles. The van der Waals surface area contributed by atoms with Gasteiger partial charge in [0, 0.05) is 25.2 Å². The number of carboxylic acid groups (broad SMARTS) is 1. The number of carbonyl (C=O) groups excluding carboxylic acids is 1. The molecule has 1 heterocycles. The maximum absolute atomic E-state index is 12.2. The number of likely N-dealkylation sites (tertiary alicyclic amines) is 1. The molecular weight excluding hydrogens is 246 g/mol. The lowest BCUT2D eigenvalue weighted by Gasteiger charge is -2.33. The molecule has 0 bridgehead atoms. The third-order valence-electron chi connectivity index (χ3n) is 3.40. The van der Waals surface area contributed by atoms with Gasteiger partial charge in [0.1, 0.15) is 0 Å². The highest BCUT2D eigenvalue weighted by atomic mass is 16.4. The average molecular weight is 271 g/mol. The van der Waals surface area contributed by atoms with Crippen LogP contribution < -0.4 is 5.32 Å². The Bertz CT molecular complexity index is 320. The first-order chi connectivity index (χ1) is 8.90. The zero-order valence-electron chi connectivity index (χ0n) is 12.1. The molecule has 0 saturated carbocycles. The highest BCUT2D eigenvalue weighted by Gasteiger charge is 2.23. The Morgan fingerprint density at radius 2 is 2.16 bits per heavy atom. The van der Waals surface area contributed by atoms with Crippen molar-refractivity contribution in [3.8, 4) is 0 Å². The molecule has 6 heteroatoms. The van der Waals surface area contributed by atoms with Crippen LogP contribution in [0.5, 0.6) is 0 Å². The number of nitrogens with one attached hydrogen (secondary N) is 1. The lowest BCUT2D eigenvalue weighted by Crippen LogP contribution is -2.52. The molecule has 0 spiro atoms. The summed E-state index contributed by atoms with van der Waals surface area (Å²) in [6.07, 6.45) is 2.05. The first kappa shape index (κ1) is 15.8. The summed E-state index contributed by atoms with van der Waals surface area (Å²) in [5.41, 5.74) is 0. The number of piperidine rings is 1. The van der Waals surface area contributed by atoms with Crippen LogP contribution in [-0.4, -0.2) is 65.7 Å². The molecule has 2 N–H and O–H groups in total. The minimum absolute atomic E-state index is 0.000621. The summed E-state index contributed by atoms with van der Waals surface area (Å²) in [6.45, 7) is 5.97. The summed E-state index contributed by atoms with van der Waals surface area (Å²) in [5.74, 6) is -0.879. The fraction of sp³-hybridized carbons (Fsp3) is 0.846. The van der Waals surface area contributed by atoms with Crippen molar-refractivity contribution in [1.82, 2.24) is 15.1 Å². The van der Waals surface area contributed by atoms with E-state index >= 15 is 0 Å². The summed E-state index contributed by atoms with van der Waals surface area (Å²) < 4.78 is 0. The molecule has 1 aliphatic rings. The number of nitrogens with zero attached hydrogens (tertiary/aromatic N) is 2. The van der Waals surface area contributed by atoms with Crippen molar-refractivity contribution < 1.29 is 14.7 Å². The van der Waals surface area contributed by atoms with Gasteiger partial charge in [-0.1, -0.05) is 0 Å². The summed E-state index contributed by atoms with van der Waals surface area (Å²) in [6, 6.07) is 0.00884. The minimum atomic E-state index is -0.879. The predicted molar refractivity (Wildman–Crippen MR) is 73.1 cm³/mol. The maximum atomic E-state index is 12.2. The molecule has 0 aliphatic carbocycles. The molecule has 1 atom stereocenters. The Morgan fingerprint density at radius 1 is 1.47 bits per heavy atom. The van der Waals surface area contributed by atoms with Crippen LogP contribution in [0, 0.1) is 0 Å². The van der Waals surface area contributed by atoms with Crippen molar-refractivity contribution in [3.05, 3.63) is 0 Å². The normalized spacial score (nSPS) is 20.3. The van der Waals surface area contributed by atoms with Crippen molar-refractivity contribution in [2.75, 3.05) is 26.7 Å². The van der Waals surface area contributed by atoms with Gasteiger partial charge >= 0.3 is 12.0 Å². The molecule has 1 saturated heterocycles. The SMILES string of the molecule is CC(C)N(CCC(=O)O)C(=O)NC1CCCN(C)C1. The number of likely N-dealkylation sites (N-methyl/N-ethyl adjacent to an activating group) is 1. The zero-order valence-corrected chi connectivity index (χ0v) is 12.1. The van der Waals surface area contributed by atoms with Crippen LogP contribution in [-0.2, 0) is 4.79 Å². The highest BCUT2D eigenvalue weighted by molar-refractivity contribution is 5.76. The molecule has 1 fully saturated rings. The van der Waals surface area contributed by atoms with Gasteiger partial charge in [0.2, 0.25) is 0 Å². The van der Waals surface area contributed by atoms with Gasteiger partial charge in [-0.3, -0.25) is 4.79 Å². The number of carbonyl (C=O) groups is 2. The van der Waals surface area contributed by atoms with Crippen LogP contribution >= 0.6 is 0 Å². The molecule has 0 aromatic carbocycles. The largest absolute Gasteiger partial charge is 0.481 e. The Kier molecular flexibility index (Phi) is 6.08. The van der Waals surface area contributed by atoms with E-state index in [-0.39, 0.29) is 31.1 Å². The quantitative estimate of drug-likeness (QED) is 0.781. The number of aliphatic carboxylic acids is 1. The topological polar surface area (TPSA) is 72.9 Å². The van der Waals surface area contributed by atoms with Crippen LogP contribution in [0.25, 0.3) is 0 Å². The van der Waals surface area contributed by atoms with E-state index in [9.17, 15) is 9.59 Å². The Morgan fingerprint density at radius 3 is 2.68 bits per heavy atom. The lowest BCUT2D eigenvalue weighted by atomic mass is 10.1. The molecule has 1 rings (SSSR count). The van der Waals surface area contributed by atoms with Crippen molar-refractivity contribution in [1.29, 1.82) is 0 Å². The van der Waals surface area contributed by atoms with Gasteiger partial charge in [0.15, 0.2) is 0 Å². The number of urea groups is 1. The van der Waals surface area contributed by atoms with E-state index in [0.717, 1.165) is 25.9 Å². The van der Waals surface area contributed by atoms with Gasteiger partial charge < -0.3 is 20.2 Å². The van der Waals surface area contributed by atoms with Gasteiger partial charge in [-0.2, -0.15) is 0 Å². The Labute approximate surface area is 114 Å². The maximum Gasteiger partial charge on any atom is 0.317 e. The first-order valence-electron chi connectivity index (χ1n) is 6.87. The van der Waals surface area contributed by atoms with E-state index in [2.05, 4.69) is 10.2 Å². The predicted octanol–water partition coefficient (Wildman–Crippen LogP) is 0.975. The van der Waals surface area contributed by atoms with Gasteiger partial charge in [-0.15, -0.1) is 0 Å². The monoisotopic (exact) mass is 271 g/mol. The average Bonchev–Trinajstić information content (AvgIpc) is 2.28. The van der Waals surface area contributed by atoms with Crippen LogP contribution in [0.2, 0.25) is 0 Å². The van der Waals surface area contributed by atoms with Crippen molar-refractivity contribution >= 4 is 12.0 Å². The minimum Gasteiger partial charge on any atom is -0.481 e. The summed E-state index contributed by atoms with van der Waals surface area (Å²) in [5, 5.41) is 11.7. The third-order valence-corrected chi connectivity index (χ3v) is 3.40. The van der Waals surface area contributed by atoms with Crippen LogP contribution in [0.3, 0.4) is 0 Å². The molecule has 19 heavy (non-hydrogen) atoms. The number of amides is 2. The van der Waals surface area contributed by atoms with Crippen LogP contribution in [0.1, 0.15) is 33.1 Å². The zero-order chi connectivity index (χ0) is 14.4. The summed E-state index contributed by atoms with van der Waals surface area (Å²) >= 11 is 0. The fourth-order valence-corrected chi connectivity index (χ4v) is 2.35. The van der Waals surface area contributed by atoms with Gasteiger partial charge in [-0.25, -0.2) is 4.79 Å². The van der Waals surface area contributed by atoms with Crippen LogP contribution in [0.4, 0.5) is 4.79 Å². The van der Waals surface area contributed by atoms with Crippen LogP contribution in [0.15, 0.2) is 0 Å². The second-order valence-electron chi connectivity index (χ2n) is 5.48. The second-order valence-corrected chi connectivity index (χ2v) is 5.48. The van der Waals surface area contributed by atoms with Crippen molar-refractivity contribution in [2.24, 2.45) is 0 Å². The number of hydrogen-bond donors (Lipinski definition) is 2. The second kappa shape index (κ2) is 7.33. The van der Waals surface area contributed by atoms with Gasteiger partial charge in [-0.05, 0) is 40.3 Å². The smallest absolute Gasteiger partial charge is 0.317 e. The fourth-order valence-electron chi connectivity index (χ4n) is 2.35. The lowest BCUT2D eigenvalue weighted by molar-refractivity contribution is -0.137. The molecule has 2 amide bonds. The summed E-state index contributed by atoms with van der Waals surface area (Å²) in [4.78, 5) is 26.6. The number of rotatable bonds is 5. The van der Waals surface area contributed by atoms with E-state index in [0.29, 0.717) is 0 Å². The highest BCUT2D eigenvalue weighted by Crippen LogP contribution is 2.09. The third kappa shape index (κ3) is 5.46. The van der Waals surface area contributed by atoms with Crippen molar-refractivity contribution in [3.63, 3.8) is 0 Å². The standard InChI is InChI=1S/C13H25N3O3/c1-10(2)16(8-6-12(17)18)13(19)14-11-5-4-7-15(3)9-11/h10-11H,4-9H2,1-3H3,(H,14,19)(H,17,18). The molecule has 110 valence electrons. The van der Waals surface area contributed by atoms with Gasteiger partial charge in [0.05, 0.1) is 6.42 Å². The molecule has 0 radical (unpaired) electrons. The molecular formula is C13H25N3O3. The van der Waals surface area contributed by atoms with E-state index < -0.39 is 5.97 Å². The number of carboxylic acids is 1. The van der Waals surface area contributed by atoms with E-state index in [4.69, 9.17) is 5.11 Å². The number of hydrogen-bond acceptors (Lipinski definition) is 3. The van der Waals surface area contributed by atoms with E-state index in [1.54, 1.807) is 4.90 Å². The Balaban J connectivity index is 2.49.